The van der Waals surface area contributed by atoms with E-state index in [1.807, 2.05) is 36.6 Å². The monoisotopic (exact) mass is 274 g/mol. The summed E-state index contributed by atoms with van der Waals surface area (Å²) in [4.78, 5) is 12.4. The minimum atomic E-state index is -0.263. The molecule has 3 N–H and O–H groups in total. The number of benzene rings is 1. The fraction of sp³-hybridized carbons (Fsp3) is 0.400. The lowest BCUT2D eigenvalue weighted by Gasteiger charge is -2.29. The molecule has 0 saturated heterocycles. The summed E-state index contributed by atoms with van der Waals surface area (Å²) in [6.07, 6.45) is 2.33. The molecule has 1 aromatic carbocycles. The summed E-state index contributed by atoms with van der Waals surface area (Å²) in [6.45, 7) is 2.54. The van der Waals surface area contributed by atoms with Crippen molar-refractivity contribution in [3.05, 3.63) is 35.2 Å². The first-order chi connectivity index (χ1) is 9.12. The lowest BCUT2D eigenvalue weighted by molar-refractivity contribution is 0.0898. The highest BCUT2D eigenvalue weighted by Crippen LogP contribution is 2.39. The summed E-state index contributed by atoms with van der Waals surface area (Å²) < 4.78 is 1.21. The van der Waals surface area contributed by atoms with E-state index in [1.165, 1.54) is 4.70 Å². The van der Waals surface area contributed by atoms with E-state index in [4.69, 9.17) is 5.73 Å². The maximum Gasteiger partial charge on any atom is 0.251 e. The molecule has 100 valence electrons. The second-order valence-electron chi connectivity index (χ2n) is 5.52. The van der Waals surface area contributed by atoms with Crippen LogP contribution in [0.1, 0.15) is 30.1 Å². The molecule has 19 heavy (non-hydrogen) atoms. The third kappa shape index (κ3) is 2.38. The smallest absolute Gasteiger partial charge is 0.251 e. The Balaban J connectivity index is 1.82. The first kappa shape index (κ1) is 12.6. The van der Waals surface area contributed by atoms with Gasteiger partial charge < -0.3 is 11.1 Å². The van der Waals surface area contributed by atoms with Crippen molar-refractivity contribution in [2.75, 3.05) is 6.54 Å². The van der Waals surface area contributed by atoms with Crippen LogP contribution in [0.4, 0.5) is 0 Å². The van der Waals surface area contributed by atoms with E-state index in [-0.39, 0.29) is 11.4 Å². The first-order valence-corrected chi connectivity index (χ1v) is 7.50. The number of carbonyl (C=O) groups is 1. The molecule has 2 aromatic rings. The molecule has 0 bridgehead atoms. The zero-order valence-corrected chi connectivity index (χ0v) is 11.8. The quantitative estimate of drug-likeness (QED) is 0.900. The third-order valence-electron chi connectivity index (χ3n) is 4.02. The molecule has 1 heterocycles. The van der Waals surface area contributed by atoms with Gasteiger partial charge in [0.1, 0.15) is 0 Å². The largest absolute Gasteiger partial charge is 0.345 e. The Morgan fingerprint density at radius 1 is 1.47 bits per heavy atom. The number of amides is 1. The lowest BCUT2D eigenvalue weighted by atomic mass is 9.95. The van der Waals surface area contributed by atoms with E-state index in [0.717, 1.165) is 18.2 Å². The van der Waals surface area contributed by atoms with Crippen molar-refractivity contribution in [2.45, 2.75) is 25.3 Å². The summed E-state index contributed by atoms with van der Waals surface area (Å²) in [5.41, 5.74) is 6.29. The van der Waals surface area contributed by atoms with Gasteiger partial charge in [-0.25, -0.2) is 0 Å². The molecule has 0 aliphatic heterocycles. The average molecular weight is 274 g/mol. The number of nitrogens with one attached hydrogen (secondary N) is 1. The van der Waals surface area contributed by atoms with Crippen molar-refractivity contribution < 1.29 is 4.79 Å². The molecule has 1 saturated carbocycles. The summed E-state index contributed by atoms with van der Waals surface area (Å²) in [5.74, 6) is 0.513. The molecule has 1 aliphatic carbocycles. The lowest BCUT2D eigenvalue weighted by Crippen LogP contribution is -2.53. The van der Waals surface area contributed by atoms with Crippen molar-refractivity contribution in [1.82, 2.24) is 5.32 Å². The van der Waals surface area contributed by atoms with E-state index >= 15 is 0 Å². The topological polar surface area (TPSA) is 55.1 Å². The second kappa shape index (κ2) is 4.62. The van der Waals surface area contributed by atoms with Crippen molar-refractivity contribution in [3.63, 3.8) is 0 Å². The van der Waals surface area contributed by atoms with Crippen LogP contribution in [0.3, 0.4) is 0 Å². The molecule has 0 spiro atoms. The van der Waals surface area contributed by atoms with E-state index in [0.29, 0.717) is 18.0 Å². The van der Waals surface area contributed by atoms with Crippen LogP contribution in [0, 0.1) is 5.92 Å². The average Bonchev–Trinajstić information content (AvgIpc) is 3.17. The van der Waals surface area contributed by atoms with Gasteiger partial charge in [-0.05, 0) is 60.7 Å². The van der Waals surface area contributed by atoms with Gasteiger partial charge in [-0.15, -0.1) is 11.3 Å². The summed E-state index contributed by atoms with van der Waals surface area (Å²) >= 11 is 1.69. The van der Waals surface area contributed by atoms with Crippen LogP contribution in [-0.2, 0) is 0 Å². The Morgan fingerprint density at radius 3 is 2.95 bits per heavy atom. The number of thiophene rings is 1. The van der Waals surface area contributed by atoms with Crippen LogP contribution in [0.2, 0.25) is 0 Å². The number of rotatable bonds is 4. The Bertz CT molecular complexity index is 617. The molecule has 1 atom stereocenters. The zero-order chi connectivity index (χ0) is 13.5. The minimum Gasteiger partial charge on any atom is -0.345 e. The van der Waals surface area contributed by atoms with E-state index < -0.39 is 0 Å². The Labute approximate surface area is 116 Å². The molecular formula is C15H18N2OS. The normalized spacial score (nSPS) is 18.2. The van der Waals surface area contributed by atoms with Crippen LogP contribution >= 0.6 is 11.3 Å². The number of carbonyl (C=O) groups excluding carboxylic acids is 1. The van der Waals surface area contributed by atoms with E-state index in [9.17, 15) is 4.79 Å². The van der Waals surface area contributed by atoms with Gasteiger partial charge in [0.2, 0.25) is 0 Å². The van der Waals surface area contributed by atoms with Crippen LogP contribution in [0.5, 0.6) is 0 Å². The fourth-order valence-corrected chi connectivity index (χ4v) is 3.25. The Kier molecular flexibility index (Phi) is 3.07. The molecule has 1 aromatic heterocycles. The van der Waals surface area contributed by atoms with Crippen LogP contribution in [-0.4, -0.2) is 18.0 Å². The van der Waals surface area contributed by atoms with Gasteiger partial charge in [0.15, 0.2) is 0 Å². The summed E-state index contributed by atoms with van der Waals surface area (Å²) in [5, 5.41) is 6.28. The summed E-state index contributed by atoms with van der Waals surface area (Å²) in [6, 6.07) is 7.88. The van der Waals surface area contributed by atoms with E-state index in [1.54, 1.807) is 11.3 Å². The van der Waals surface area contributed by atoms with Crippen molar-refractivity contribution in [1.29, 1.82) is 0 Å². The van der Waals surface area contributed by atoms with Crippen LogP contribution < -0.4 is 11.1 Å². The van der Waals surface area contributed by atoms with Gasteiger partial charge in [0.05, 0.1) is 5.54 Å². The highest BCUT2D eigenvalue weighted by atomic mass is 32.1. The van der Waals surface area contributed by atoms with Crippen molar-refractivity contribution >= 4 is 27.3 Å². The Hall–Kier alpha value is -1.39. The SMILES string of the molecule is CC(CN)(NC(=O)c1ccc2sccc2c1)C1CC1. The van der Waals surface area contributed by atoms with Gasteiger partial charge in [0, 0.05) is 16.8 Å². The Morgan fingerprint density at radius 2 is 2.26 bits per heavy atom. The van der Waals surface area contributed by atoms with Crippen molar-refractivity contribution in [2.24, 2.45) is 11.7 Å². The molecular weight excluding hydrogens is 256 g/mol. The molecule has 0 radical (unpaired) electrons. The summed E-state index contributed by atoms with van der Waals surface area (Å²) in [7, 11) is 0. The molecule has 1 amide bonds. The predicted molar refractivity (Wildman–Crippen MR) is 79.5 cm³/mol. The second-order valence-corrected chi connectivity index (χ2v) is 6.47. The first-order valence-electron chi connectivity index (χ1n) is 6.62. The van der Waals surface area contributed by atoms with Gasteiger partial charge in [-0.2, -0.15) is 0 Å². The molecule has 1 fully saturated rings. The highest BCUT2D eigenvalue weighted by molar-refractivity contribution is 7.17. The van der Waals surface area contributed by atoms with E-state index in [2.05, 4.69) is 5.32 Å². The minimum absolute atomic E-state index is 0.0204. The van der Waals surface area contributed by atoms with Gasteiger partial charge >= 0.3 is 0 Å². The molecule has 3 nitrogen and oxygen atoms in total. The number of hydrogen-bond acceptors (Lipinski definition) is 3. The van der Waals surface area contributed by atoms with Gasteiger partial charge in [-0.3, -0.25) is 4.79 Å². The standard InChI is InChI=1S/C15H18N2OS/c1-15(9-16,12-3-4-12)17-14(18)11-2-5-13-10(8-11)6-7-19-13/h2,5-8,12H,3-4,9,16H2,1H3,(H,17,18). The van der Waals surface area contributed by atoms with Gasteiger partial charge in [-0.1, -0.05) is 0 Å². The molecule has 1 aliphatic rings. The third-order valence-corrected chi connectivity index (χ3v) is 4.91. The highest BCUT2D eigenvalue weighted by Gasteiger charge is 2.41. The fourth-order valence-electron chi connectivity index (χ4n) is 2.48. The zero-order valence-electron chi connectivity index (χ0n) is 11.0. The van der Waals surface area contributed by atoms with Crippen LogP contribution in [0.15, 0.2) is 29.6 Å². The predicted octanol–water partition coefficient (Wildman–Crippen LogP) is 2.76. The van der Waals surface area contributed by atoms with Crippen LogP contribution in [0.25, 0.3) is 10.1 Å². The number of fused-ring (bicyclic) bond motifs is 1. The number of nitrogens with two attached hydrogens (primary N) is 1. The maximum absolute atomic E-state index is 12.4. The maximum atomic E-state index is 12.4. The van der Waals surface area contributed by atoms with Gasteiger partial charge in [0.25, 0.3) is 5.91 Å². The molecule has 3 rings (SSSR count). The van der Waals surface area contributed by atoms with Crippen molar-refractivity contribution in [3.8, 4) is 0 Å². The molecule has 1 unspecified atom stereocenters. The molecule has 4 heteroatoms. The number of hydrogen-bond donors (Lipinski definition) is 2.